The third-order valence-electron chi connectivity index (χ3n) is 2.30. The topological polar surface area (TPSA) is 85.9 Å². The van der Waals surface area contributed by atoms with Crippen LogP contribution in [-0.2, 0) is 9.84 Å². The minimum absolute atomic E-state index is 0.0809. The van der Waals surface area contributed by atoms with E-state index in [2.05, 4.69) is 9.97 Å². The minimum atomic E-state index is -2.98. The number of hydrogen-bond donors (Lipinski definition) is 1. The predicted molar refractivity (Wildman–Crippen MR) is 68.7 cm³/mol. The van der Waals surface area contributed by atoms with Crippen LogP contribution in [-0.4, -0.2) is 30.4 Å². The van der Waals surface area contributed by atoms with Gasteiger partial charge in [-0.1, -0.05) is 11.3 Å². The van der Waals surface area contributed by atoms with Crippen LogP contribution in [0.2, 0.25) is 0 Å². The van der Waals surface area contributed by atoms with E-state index in [1.807, 2.05) is 12.1 Å². The molecule has 0 bridgehead atoms. The Balaban J connectivity index is 2.16. The van der Waals surface area contributed by atoms with Crippen LogP contribution in [0.3, 0.4) is 0 Å². The van der Waals surface area contributed by atoms with E-state index in [1.165, 1.54) is 17.6 Å². The Labute approximate surface area is 104 Å². The van der Waals surface area contributed by atoms with Gasteiger partial charge in [-0.2, -0.15) is 0 Å². The van der Waals surface area contributed by atoms with Gasteiger partial charge in [0.1, 0.15) is 25.2 Å². The Morgan fingerprint density at radius 2 is 2.29 bits per heavy atom. The molecule has 5 nitrogen and oxygen atoms in total. The molecular formula is C10H13N3O2S2. The van der Waals surface area contributed by atoms with E-state index in [0.717, 1.165) is 15.4 Å². The summed E-state index contributed by atoms with van der Waals surface area (Å²) >= 11 is 1.41. The number of hydrogen-bond acceptors (Lipinski definition) is 6. The highest BCUT2D eigenvalue weighted by Crippen LogP contribution is 2.25. The van der Waals surface area contributed by atoms with E-state index in [0.29, 0.717) is 6.42 Å². The molecule has 2 aromatic rings. The molecule has 0 spiro atoms. The van der Waals surface area contributed by atoms with Gasteiger partial charge in [0.05, 0.1) is 11.8 Å². The van der Waals surface area contributed by atoms with Crippen LogP contribution in [0.25, 0.3) is 10.3 Å². The molecule has 0 saturated carbocycles. The zero-order chi connectivity index (χ0) is 12.5. The summed E-state index contributed by atoms with van der Waals surface area (Å²) in [4.78, 5) is 9.36. The maximum Gasteiger partial charge on any atom is 0.147 e. The van der Waals surface area contributed by atoms with Crippen LogP contribution < -0.4 is 5.73 Å². The molecule has 0 aliphatic carbocycles. The fourth-order valence-electron chi connectivity index (χ4n) is 1.41. The molecule has 0 fully saturated rings. The molecule has 1 atom stereocenters. The largest absolute Gasteiger partial charge is 0.322 e. The maximum absolute atomic E-state index is 11.1. The van der Waals surface area contributed by atoms with E-state index in [4.69, 9.17) is 5.73 Å². The summed E-state index contributed by atoms with van der Waals surface area (Å²) in [5.74, 6) is 0.0809. The Morgan fingerprint density at radius 3 is 2.94 bits per heavy atom. The third-order valence-corrected chi connectivity index (χ3v) is 4.39. The van der Waals surface area contributed by atoms with Gasteiger partial charge in [-0.05, 0) is 18.6 Å². The zero-order valence-electron chi connectivity index (χ0n) is 9.33. The van der Waals surface area contributed by atoms with Crippen LogP contribution in [0.5, 0.6) is 0 Å². The molecule has 0 aliphatic rings. The molecule has 2 heterocycles. The van der Waals surface area contributed by atoms with Gasteiger partial charge in [0.2, 0.25) is 0 Å². The molecular weight excluding hydrogens is 258 g/mol. The second-order valence-corrected chi connectivity index (χ2v) is 7.17. The number of nitrogens with two attached hydrogens (primary N) is 1. The number of nitrogens with zero attached hydrogens (tertiary/aromatic N) is 2. The maximum atomic E-state index is 11.1. The fourth-order valence-corrected chi connectivity index (χ4v) is 3.03. The Kier molecular flexibility index (Phi) is 3.41. The summed E-state index contributed by atoms with van der Waals surface area (Å²) in [5.41, 5.74) is 6.73. The second kappa shape index (κ2) is 4.67. The van der Waals surface area contributed by atoms with Crippen LogP contribution in [0.4, 0.5) is 0 Å². The Morgan fingerprint density at radius 1 is 1.53 bits per heavy atom. The van der Waals surface area contributed by atoms with Gasteiger partial charge in [-0.3, -0.25) is 0 Å². The molecule has 17 heavy (non-hydrogen) atoms. The van der Waals surface area contributed by atoms with Crippen molar-refractivity contribution < 1.29 is 8.42 Å². The van der Waals surface area contributed by atoms with Crippen molar-refractivity contribution in [2.45, 2.75) is 12.5 Å². The number of sulfone groups is 1. The van der Waals surface area contributed by atoms with Crippen molar-refractivity contribution >= 4 is 31.5 Å². The molecule has 0 amide bonds. The highest BCUT2D eigenvalue weighted by atomic mass is 32.2. The average Bonchev–Trinajstić information content (AvgIpc) is 2.68. The van der Waals surface area contributed by atoms with Gasteiger partial charge in [-0.25, -0.2) is 18.4 Å². The van der Waals surface area contributed by atoms with Gasteiger partial charge in [0.15, 0.2) is 0 Å². The van der Waals surface area contributed by atoms with Gasteiger partial charge in [-0.15, -0.1) is 0 Å². The monoisotopic (exact) mass is 271 g/mol. The van der Waals surface area contributed by atoms with Gasteiger partial charge in [0.25, 0.3) is 0 Å². The van der Waals surface area contributed by atoms with Crippen molar-refractivity contribution in [3.05, 3.63) is 23.3 Å². The number of pyridine rings is 1. The molecule has 0 aliphatic heterocycles. The van der Waals surface area contributed by atoms with Crippen LogP contribution in [0, 0.1) is 0 Å². The van der Waals surface area contributed by atoms with E-state index in [1.54, 1.807) is 6.20 Å². The first-order chi connectivity index (χ1) is 7.96. The lowest BCUT2D eigenvalue weighted by atomic mass is 10.2. The molecule has 7 heteroatoms. The SMILES string of the molecule is CS(=O)(=O)CCC(N)c1nc2cccnc2s1. The third kappa shape index (κ3) is 3.21. The summed E-state index contributed by atoms with van der Waals surface area (Å²) in [6.07, 6.45) is 3.30. The van der Waals surface area contributed by atoms with Gasteiger partial charge in [0, 0.05) is 12.5 Å². The normalized spacial score (nSPS) is 14.0. The number of thiazole rings is 1. The molecule has 2 rings (SSSR count). The minimum Gasteiger partial charge on any atom is -0.322 e. The van der Waals surface area contributed by atoms with Crippen LogP contribution in [0.15, 0.2) is 18.3 Å². The van der Waals surface area contributed by atoms with Crippen LogP contribution in [0.1, 0.15) is 17.5 Å². The van der Waals surface area contributed by atoms with Crippen molar-refractivity contribution in [2.24, 2.45) is 5.73 Å². The van der Waals surface area contributed by atoms with E-state index >= 15 is 0 Å². The second-order valence-electron chi connectivity index (χ2n) is 3.90. The lowest BCUT2D eigenvalue weighted by Gasteiger charge is -2.06. The molecule has 2 aromatic heterocycles. The number of aromatic nitrogens is 2. The summed E-state index contributed by atoms with van der Waals surface area (Å²) in [6.45, 7) is 0. The molecule has 1 unspecified atom stereocenters. The number of rotatable bonds is 4. The van der Waals surface area contributed by atoms with E-state index in [-0.39, 0.29) is 11.8 Å². The Bertz CT molecular complexity index is 588. The lowest BCUT2D eigenvalue weighted by Crippen LogP contribution is -2.15. The predicted octanol–water partition coefficient (Wildman–Crippen LogP) is 1.13. The highest BCUT2D eigenvalue weighted by molar-refractivity contribution is 7.90. The molecule has 2 N–H and O–H groups in total. The first-order valence-corrected chi connectivity index (χ1v) is 7.98. The van der Waals surface area contributed by atoms with Crippen molar-refractivity contribution in [1.82, 2.24) is 9.97 Å². The molecule has 0 radical (unpaired) electrons. The van der Waals surface area contributed by atoms with Crippen molar-refractivity contribution in [3.63, 3.8) is 0 Å². The molecule has 0 aromatic carbocycles. The molecule has 0 saturated heterocycles. The van der Waals surface area contributed by atoms with Gasteiger partial charge >= 0.3 is 0 Å². The first-order valence-electron chi connectivity index (χ1n) is 5.10. The standard InChI is InChI=1S/C10H13N3O2S2/c1-17(14,15)6-4-7(11)9-13-8-3-2-5-12-10(8)16-9/h2-3,5,7H,4,6,11H2,1H3. The van der Waals surface area contributed by atoms with Gasteiger partial charge < -0.3 is 5.73 Å². The van der Waals surface area contributed by atoms with Crippen LogP contribution >= 0.6 is 11.3 Å². The summed E-state index contributed by atoms with van der Waals surface area (Å²) in [6, 6.07) is 3.34. The Hall–Kier alpha value is -1.05. The first kappa shape index (κ1) is 12.4. The highest BCUT2D eigenvalue weighted by Gasteiger charge is 2.14. The van der Waals surface area contributed by atoms with Crippen molar-refractivity contribution in [1.29, 1.82) is 0 Å². The summed E-state index contributed by atoms with van der Waals surface area (Å²) in [7, 11) is -2.98. The van der Waals surface area contributed by atoms with Crippen molar-refractivity contribution in [3.8, 4) is 0 Å². The molecule has 92 valence electrons. The smallest absolute Gasteiger partial charge is 0.147 e. The quantitative estimate of drug-likeness (QED) is 0.900. The van der Waals surface area contributed by atoms with E-state index in [9.17, 15) is 8.42 Å². The number of fused-ring (bicyclic) bond motifs is 1. The fraction of sp³-hybridized carbons (Fsp3) is 0.400. The summed E-state index contributed by atoms with van der Waals surface area (Å²) < 4.78 is 22.1. The average molecular weight is 271 g/mol. The van der Waals surface area contributed by atoms with Crippen molar-refractivity contribution in [2.75, 3.05) is 12.0 Å². The summed E-state index contributed by atoms with van der Waals surface area (Å²) in [5, 5.41) is 0.738. The zero-order valence-corrected chi connectivity index (χ0v) is 11.0. The van der Waals surface area contributed by atoms with E-state index < -0.39 is 9.84 Å². The lowest BCUT2D eigenvalue weighted by molar-refractivity contribution is 0.591.